The Morgan fingerprint density at radius 2 is 2.00 bits per heavy atom. The normalized spacial score (nSPS) is 37.3. The van der Waals surface area contributed by atoms with Crippen LogP contribution in [0.2, 0.25) is 0 Å². The third kappa shape index (κ3) is 2.04. The van der Waals surface area contributed by atoms with Gasteiger partial charge in [-0.05, 0) is 11.6 Å². The largest absolute Gasteiger partial charge is 0.353 e. The van der Waals surface area contributed by atoms with Crippen molar-refractivity contribution in [3.05, 3.63) is 35.9 Å². The molecule has 3 saturated heterocycles. The molecule has 0 unspecified atom stereocenters. The molecule has 0 radical (unpaired) electrons. The summed E-state index contributed by atoms with van der Waals surface area (Å²) in [6.07, 6.45) is 3.18. The van der Waals surface area contributed by atoms with Gasteiger partial charge in [-0.2, -0.15) is 0 Å². The molecule has 1 aromatic carbocycles. The number of ether oxygens (including phenoxy) is 2. The van der Waals surface area contributed by atoms with Crippen LogP contribution >= 0.6 is 0 Å². The van der Waals surface area contributed by atoms with E-state index >= 15 is 0 Å². The molecular weight excluding hydrogens is 330 g/mol. The van der Waals surface area contributed by atoms with Gasteiger partial charge in [-0.3, -0.25) is 9.59 Å². The lowest BCUT2D eigenvalue weighted by Gasteiger charge is -2.38. The molecule has 4 aliphatic rings. The molecule has 3 fully saturated rings. The molecule has 0 aliphatic carbocycles. The highest BCUT2D eigenvalue weighted by Crippen LogP contribution is 2.51. The maximum atomic E-state index is 13.5. The molecule has 0 N–H and O–H groups in total. The van der Waals surface area contributed by atoms with Crippen molar-refractivity contribution in [2.75, 3.05) is 11.5 Å². The average molecular weight is 353 g/mol. The van der Waals surface area contributed by atoms with Crippen molar-refractivity contribution in [1.82, 2.24) is 0 Å². The molecule has 0 spiro atoms. The van der Waals surface area contributed by atoms with Gasteiger partial charge in [-0.1, -0.05) is 51.1 Å². The van der Waals surface area contributed by atoms with Gasteiger partial charge < -0.3 is 14.4 Å². The number of hydrogen-bond acceptors (Lipinski definition) is 5. The van der Waals surface area contributed by atoms with Crippen molar-refractivity contribution in [1.29, 1.82) is 0 Å². The van der Waals surface area contributed by atoms with Crippen LogP contribution in [0, 0.1) is 17.3 Å². The number of ketones is 2. The molecule has 5 rings (SSSR count). The second-order valence-electron chi connectivity index (χ2n) is 8.72. The molecule has 136 valence electrons. The maximum Gasteiger partial charge on any atom is 0.218 e. The first kappa shape index (κ1) is 16.2. The van der Waals surface area contributed by atoms with E-state index < -0.39 is 11.7 Å². The summed E-state index contributed by atoms with van der Waals surface area (Å²) >= 11 is 0. The lowest BCUT2D eigenvalue weighted by Crippen LogP contribution is -2.51. The number of benzene rings is 1. The Morgan fingerprint density at radius 3 is 2.77 bits per heavy atom. The van der Waals surface area contributed by atoms with E-state index in [4.69, 9.17) is 9.47 Å². The molecule has 0 aromatic heterocycles. The first-order valence-electron chi connectivity index (χ1n) is 9.28. The smallest absolute Gasteiger partial charge is 0.218 e. The van der Waals surface area contributed by atoms with Crippen LogP contribution < -0.4 is 4.90 Å². The van der Waals surface area contributed by atoms with Crippen molar-refractivity contribution in [2.45, 2.75) is 45.2 Å². The minimum Gasteiger partial charge on any atom is -0.353 e. The van der Waals surface area contributed by atoms with Gasteiger partial charge in [0.15, 0.2) is 11.6 Å². The Morgan fingerprint density at radius 1 is 1.23 bits per heavy atom. The molecule has 0 saturated carbocycles. The van der Waals surface area contributed by atoms with E-state index in [9.17, 15) is 9.59 Å². The van der Waals surface area contributed by atoms with Crippen LogP contribution in [0.4, 0.5) is 5.69 Å². The van der Waals surface area contributed by atoms with Crippen LogP contribution in [0.3, 0.4) is 0 Å². The number of fused-ring (bicyclic) bond motifs is 8. The number of para-hydroxylation sites is 1. The molecule has 2 bridgehead atoms. The van der Waals surface area contributed by atoms with Gasteiger partial charge in [-0.15, -0.1) is 0 Å². The number of hydrogen-bond donors (Lipinski definition) is 0. The number of anilines is 1. The summed E-state index contributed by atoms with van der Waals surface area (Å²) in [7, 11) is 0. The predicted molar refractivity (Wildman–Crippen MR) is 96.6 cm³/mol. The summed E-state index contributed by atoms with van der Waals surface area (Å²) in [6, 6.07) is 7.59. The summed E-state index contributed by atoms with van der Waals surface area (Å²) in [5, 5.41) is 0. The highest BCUT2D eigenvalue weighted by Gasteiger charge is 2.64. The quantitative estimate of drug-likeness (QED) is 0.776. The van der Waals surface area contributed by atoms with Gasteiger partial charge in [0.25, 0.3) is 0 Å². The van der Waals surface area contributed by atoms with Crippen molar-refractivity contribution in [2.24, 2.45) is 17.3 Å². The lowest BCUT2D eigenvalue weighted by molar-refractivity contribution is -0.164. The van der Waals surface area contributed by atoms with Crippen LogP contribution in [0.25, 0.3) is 6.08 Å². The summed E-state index contributed by atoms with van der Waals surface area (Å²) in [4.78, 5) is 28.7. The number of nitrogens with zero attached hydrogens (tertiary/aromatic N) is 1. The molecule has 5 heteroatoms. The number of carbonyl (C=O) groups is 2. The number of rotatable bonds is 1. The van der Waals surface area contributed by atoms with E-state index in [1.165, 1.54) is 0 Å². The van der Waals surface area contributed by atoms with Gasteiger partial charge >= 0.3 is 0 Å². The third-order valence-electron chi connectivity index (χ3n) is 6.16. The minimum absolute atomic E-state index is 0.0213. The van der Waals surface area contributed by atoms with Crippen molar-refractivity contribution in [3.8, 4) is 0 Å². The zero-order chi connectivity index (χ0) is 18.2. The fourth-order valence-corrected chi connectivity index (χ4v) is 5.02. The van der Waals surface area contributed by atoms with E-state index in [1.807, 2.05) is 39.0 Å². The highest BCUT2D eigenvalue weighted by molar-refractivity contribution is 5.98. The molecule has 1 aromatic rings. The van der Waals surface area contributed by atoms with E-state index in [1.54, 1.807) is 0 Å². The minimum atomic E-state index is -0.767. The van der Waals surface area contributed by atoms with E-state index in [0.717, 1.165) is 11.3 Å². The van der Waals surface area contributed by atoms with Crippen LogP contribution in [-0.4, -0.2) is 42.7 Å². The molecule has 0 amide bonds. The second-order valence-corrected chi connectivity index (χ2v) is 8.72. The molecule has 26 heavy (non-hydrogen) atoms. The molecule has 4 aliphatic heterocycles. The van der Waals surface area contributed by atoms with Crippen LogP contribution in [0.5, 0.6) is 0 Å². The molecule has 6 atom stereocenters. The highest BCUT2D eigenvalue weighted by atomic mass is 16.7. The zero-order valence-corrected chi connectivity index (χ0v) is 15.2. The van der Waals surface area contributed by atoms with Gasteiger partial charge in [0.2, 0.25) is 6.29 Å². The Balaban J connectivity index is 1.69. The summed E-state index contributed by atoms with van der Waals surface area (Å²) in [5.41, 5.74) is 1.62. The number of Topliss-reactive ketones (excluding diaryl/α,β-unsaturated/α-hetero) is 2. The van der Waals surface area contributed by atoms with Crippen molar-refractivity contribution in [3.63, 3.8) is 0 Å². The van der Waals surface area contributed by atoms with Gasteiger partial charge in [0, 0.05) is 17.0 Å². The third-order valence-corrected chi connectivity index (χ3v) is 6.16. The monoisotopic (exact) mass is 353 g/mol. The van der Waals surface area contributed by atoms with Crippen LogP contribution in [0.1, 0.15) is 26.3 Å². The topological polar surface area (TPSA) is 55.8 Å². The van der Waals surface area contributed by atoms with Gasteiger partial charge in [0.1, 0.15) is 0 Å². The first-order chi connectivity index (χ1) is 12.4. The summed E-state index contributed by atoms with van der Waals surface area (Å²) in [5.74, 6) is -0.301. The second kappa shape index (κ2) is 5.27. The number of carbonyl (C=O) groups excluding carboxylic acids is 2. The van der Waals surface area contributed by atoms with Gasteiger partial charge in [-0.25, -0.2) is 0 Å². The van der Waals surface area contributed by atoms with Crippen molar-refractivity contribution >= 4 is 23.3 Å². The van der Waals surface area contributed by atoms with Gasteiger partial charge in [0.05, 0.1) is 30.7 Å². The van der Waals surface area contributed by atoms with Crippen molar-refractivity contribution < 1.29 is 19.1 Å². The average Bonchev–Trinajstić information content (AvgIpc) is 3.19. The standard InChI is InChI=1S/C21H23NO4/c1-21(2,3)19(24)17-16-14-10-25-20(26-14)18(23)15(16)13-9-8-11-6-4-5-7-12(11)22(13)17/h4-9,13-17,20H,10H2,1-3H3/t13-,14-,15+,16-,17+,20+/m0/s1. The van der Waals surface area contributed by atoms with E-state index in [-0.39, 0.29) is 41.6 Å². The Labute approximate surface area is 153 Å². The Kier molecular flexibility index (Phi) is 3.29. The van der Waals surface area contributed by atoms with Crippen LogP contribution in [0.15, 0.2) is 30.3 Å². The zero-order valence-electron chi connectivity index (χ0n) is 15.2. The Hall–Kier alpha value is -1.98. The van der Waals surface area contributed by atoms with E-state index in [0.29, 0.717) is 6.61 Å². The summed E-state index contributed by atoms with van der Waals surface area (Å²) in [6.45, 7) is 6.23. The molecular formula is C21H23NO4. The SMILES string of the molecule is CC(C)(C)C(=O)[C@H]1[C@@H]2[C@H](C(=O)[C@@H]3OC[C@@H]2O3)[C@@H]2C=Cc3ccccc3N21. The van der Waals surface area contributed by atoms with E-state index in [2.05, 4.69) is 23.1 Å². The molecule has 5 nitrogen and oxygen atoms in total. The first-order valence-corrected chi connectivity index (χ1v) is 9.28. The fraction of sp³-hybridized carbons (Fsp3) is 0.524. The fourth-order valence-electron chi connectivity index (χ4n) is 5.02. The summed E-state index contributed by atoms with van der Waals surface area (Å²) < 4.78 is 11.4. The maximum absolute atomic E-state index is 13.5. The predicted octanol–water partition coefficient (Wildman–Crippen LogP) is 2.44. The van der Waals surface area contributed by atoms with Crippen LogP contribution in [-0.2, 0) is 19.1 Å². The molecule has 4 heterocycles. The Bertz CT molecular complexity index is 824. The lowest BCUT2D eigenvalue weighted by atomic mass is 9.74.